The predicted octanol–water partition coefficient (Wildman–Crippen LogP) is 3.58. The van der Waals surface area contributed by atoms with Crippen molar-refractivity contribution in [3.63, 3.8) is 0 Å². The molecule has 5 nitrogen and oxygen atoms in total. The molecule has 2 rings (SSSR count). The second-order valence-electron chi connectivity index (χ2n) is 6.77. The summed E-state index contributed by atoms with van der Waals surface area (Å²) in [5.41, 5.74) is 0. The van der Waals surface area contributed by atoms with Crippen molar-refractivity contribution >= 4 is 12.7 Å². The molecular formula is C21H35N3O2. The van der Waals surface area contributed by atoms with Crippen LogP contribution >= 0.6 is 0 Å². The van der Waals surface area contributed by atoms with Gasteiger partial charge in [-0.15, -0.1) is 0 Å². The zero-order valence-corrected chi connectivity index (χ0v) is 16.3. The van der Waals surface area contributed by atoms with Crippen LogP contribution in [0.25, 0.3) is 0 Å². The van der Waals surface area contributed by atoms with Gasteiger partial charge in [0, 0.05) is 25.6 Å². The lowest BCUT2D eigenvalue weighted by Gasteiger charge is -2.18. The van der Waals surface area contributed by atoms with E-state index >= 15 is 0 Å². The van der Waals surface area contributed by atoms with E-state index in [0.717, 1.165) is 44.5 Å². The molecule has 0 saturated carbocycles. The van der Waals surface area contributed by atoms with Crippen molar-refractivity contribution in [3.8, 4) is 6.07 Å². The summed E-state index contributed by atoms with van der Waals surface area (Å²) in [5.74, 6) is 0.0789. The Kier molecular flexibility index (Phi) is 15.3. The van der Waals surface area contributed by atoms with E-state index in [1.165, 1.54) is 38.6 Å². The van der Waals surface area contributed by atoms with Gasteiger partial charge in [-0.3, -0.25) is 4.79 Å². The van der Waals surface area contributed by atoms with Crippen LogP contribution in [0, 0.1) is 17.2 Å². The molecule has 2 unspecified atom stereocenters. The normalized spacial score (nSPS) is 21.5. The van der Waals surface area contributed by atoms with Crippen LogP contribution < -0.4 is 0 Å². The van der Waals surface area contributed by atoms with Crippen molar-refractivity contribution < 1.29 is 9.59 Å². The average molecular weight is 362 g/mol. The highest BCUT2D eigenvalue weighted by Crippen LogP contribution is 2.20. The van der Waals surface area contributed by atoms with Crippen molar-refractivity contribution in [3.05, 3.63) is 25.3 Å². The van der Waals surface area contributed by atoms with Crippen LogP contribution in [0.15, 0.2) is 25.3 Å². The molecule has 2 aliphatic rings. The van der Waals surface area contributed by atoms with Gasteiger partial charge in [0.2, 0.25) is 6.41 Å². The fourth-order valence-electron chi connectivity index (χ4n) is 3.12. The summed E-state index contributed by atoms with van der Waals surface area (Å²) in [6.45, 7) is 9.38. The van der Waals surface area contributed by atoms with E-state index in [-0.39, 0.29) is 5.92 Å². The van der Waals surface area contributed by atoms with Crippen molar-refractivity contribution in [1.29, 1.82) is 5.26 Å². The summed E-state index contributed by atoms with van der Waals surface area (Å²) in [4.78, 5) is 24.3. The third kappa shape index (κ3) is 11.6. The maximum absolute atomic E-state index is 10.1. The predicted molar refractivity (Wildman–Crippen MR) is 107 cm³/mol. The Morgan fingerprint density at radius 3 is 2.27 bits per heavy atom. The molecule has 0 N–H and O–H groups in total. The molecule has 2 fully saturated rings. The van der Waals surface area contributed by atoms with Crippen molar-refractivity contribution in [2.75, 3.05) is 26.7 Å². The Hall–Kier alpha value is -1.93. The number of hydrogen-bond acceptors (Lipinski definition) is 4. The molecule has 2 heterocycles. The summed E-state index contributed by atoms with van der Waals surface area (Å²) in [6, 6.07) is 2.96. The second-order valence-corrected chi connectivity index (χ2v) is 6.77. The summed E-state index contributed by atoms with van der Waals surface area (Å²) >= 11 is 0. The van der Waals surface area contributed by atoms with Gasteiger partial charge in [0.25, 0.3) is 0 Å². The monoisotopic (exact) mass is 361 g/mol. The van der Waals surface area contributed by atoms with Crippen molar-refractivity contribution in [2.24, 2.45) is 5.92 Å². The minimum absolute atomic E-state index is 0.0789. The Balaban J connectivity index is 0.000000416. The minimum Gasteiger partial charge on any atom is -0.344 e. The number of unbranched alkanes of at least 4 members (excludes halogenated alkanes) is 3. The largest absolute Gasteiger partial charge is 0.344 e. The fraction of sp³-hybridized carbons (Fsp3) is 0.667. The fourth-order valence-corrected chi connectivity index (χ4v) is 3.12. The molecule has 146 valence electrons. The number of aldehydes is 1. The Labute approximate surface area is 159 Å². The molecule has 0 aromatic heterocycles. The van der Waals surface area contributed by atoms with E-state index < -0.39 is 0 Å². The quantitative estimate of drug-likeness (QED) is 0.376. The number of nitrogens with zero attached hydrogens (tertiary/aromatic N) is 3. The Morgan fingerprint density at radius 2 is 1.85 bits per heavy atom. The van der Waals surface area contributed by atoms with Gasteiger partial charge in [0.15, 0.2) is 0 Å². The first kappa shape index (κ1) is 24.1. The van der Waals surface area contributed by atoms with Crippen LogP contribution in [0.1, 0.15) is 51.4 Å². The topological polar surface area (TPSA) is 64.4 Å². The first-order valence-corrected chi connectivity index (χ1v) is 9.59. The lowest BCUT2D eigenvalue weighted by Crippen LogP contribution is -2.24. The third-order valence-corrected chi connectivity index (χ3v) is 4.75. The molecular weight excluding hydrogens is 326 g/mol. The number of likely N-dealkylation sites (tertiary alicyclic amines) is 2. The van der Waals surface area contributed by atoms with Crippen LogP contribution in [0.5, 0.6) is 0 Å². The van der Waals surface area contributed by atoms with Crippen molar-refractivity contribution in [1.82, 2.24) is 9.80 Å². The summed E-state index contributed by atoms with van der Waals surface area (Å²) in [7, 11) is 2.23. The van der Waals surface area contributed by atoms with Crippen LogP contribution in [-0.2, 0) is 9.59 Å². The standard InChI is InChI=1S/C11H21NO.C6H8N2O.C4H6/c1-12-9-6-8-11(12)7-4-2-3-5-10-13;7-3-6-1-2-8(4-6)5-9;1-3-4-2/h10-11H,2-9H2,1H3;5-6H,1-2,4H2;3-4H,1-2H2. The summed E-state index contributed by atoms with van der Waals surface area (Å²) in [5, 5.41) is 8.39. The zero-order chi connectivity index (χ0) is 19.6. The van der Waals surface area contributed by atoms with Gasteiger partial charge < -0.3 is 14.6 Å². The van der Waals surface area contributed by atoms with Crippen molar-refractivity contribution in [2.45, 2.75) is 57.4 Å². The minimum atomic E-state index is 0.0789. The zero-order valence-electron chi connectivity index (χ0n) is 16.3. The summed E-state index contributed by atoms with van der Waals surface area (Å²) < 4.78 is 0. The summed E-state index contributed by atoms with van der Waals surface area (Å²) in [6.07, 6.45) is 14.4. The molecule has 2 atom stereocenters. The van der Waals surface area contributed by atoms with Crippen LogP contribution in [0.2, 0.25) is 0 Å². The molecule has 0 spiro atoms. The molecule has 26 heavy (non-hydrogen) atoms. The molecule has 0 aromatic carbocycles. The Morgan fingerprint density at radius 1 is 1.12 bits per heavy atom. The number of rotatable bonds is 8. The van der Waals surface area contributed by atoms with Gasteiger partial charge in [-0.2, -0.15) is 5.26 Å². The number of amides is 1. The maximum Gasteiger partial charge on any atom is 0.209 e. The van der Waals surface area contributed by atoms with Gasteiger partial charge >= 0.3 is 0 Å². The molecule has 0 bridgehead atoms. The first-order chi connectivity index (χ1) is 12.6. The average Bonchev–Trinajstić information content (AvgIpc) is 3.31. The third-order valence-electron chi connectivity index (χ3n) is 4.75. The smallest absolute Gasteiger partial charge is 0.209 e. The van der Waals surface area contributed by atoms with E-state index in [4.69, 9.17) is 5.26 Å². The van der Waals surface area contributed by atoms with Gasteiger partial charge in [-0.25, -0.2) is 0 Å². The van der Waals surface area contributed by atoms with Gasteiger partial charge in [-0.05, 0) is 45.7 Å². The number of carbonyl (C=O) groups is 2. The second kappa shape index (κ2) is 16.5. The number of hydrogen-bond donors (Lipinski definition) is 0. The lowest BCUT2D eigenvalue weighted by molar-refractivity contribution is -0.117. The van der Waals surface area contributed by atoms with Gasteiger partial charge in [0.1, 0.15) is 6.29 Å². The number of allylic oxidation sites excluding steroid dienone is 2. The molecule has 1 amide bonds. The Bertz CT molecular complexity index is 439. The lowest BCUT2D eigenvalue weighted by atomic mass is 10.1. The SMILES string of the molecule is C=CC=C.CN1CCCC1CCCCCC=O.N#CC1CCN(C=O)C1. The molecule has 2 saturated heterocycles. The molecule has 0 aliphatic carbocycles. The maximum atomic E-state index is 10.1. The molecule has 5 heteroatoms. The van der Waals surface area contributed by atoms with Crippen LogP contribution in [0.4, 0.5) is 0 Å². The van der Waals surface area contributed by atoms with Crippen LogP contribution in [0.3, 0.4) is 0 Å². The number of nitriles is 1. The molecule has 2 aliphatic heterocycles. The van der Waals surface area contributed by atoms with E-state index in [1.807, 2.05) is 0 Å². The molecule has 0 aromatic rings. The molecule has 0 radical (unpaired) electrons. The first-order valence-electron chi connectivity index (χ1n) is 9.59. The van der Waals surface area contributed by atoms with E-state index in [9.17, 15) is 9.59 Å². The van der Waals surface area contributed by atoms with Crippen LogP contribution in [-0.4, -0.2) is 55.2 Å². The van der Waals surface area contributed by atoms with E-state index in [2.05, 4.69) is 31.2 Å². The number of carbonyl (C=O) groups excluding carboxylic acids is 2. The van der Waals surface area contributed by atoms with E-state index in [1.54, 1.807) is 17.1 Å². The van der Waals surface area contributed by atoms with E-state index in [0.29, 0.717) is 6.54 Å². The van der Waals surface area contributed by atoms with Gasteiger partial charge in [-0.1, -0.05) is 38.2 Å². The highest BCUT2D eigenvalue weighted by Gasteiger charge is 2.20. The van der Waals surface area contributed by atoms with Gasteiger partial charge in [0.05, 0.1) is 12.0 Å². The highest BCUT2D eigenvalue weighted by atomic mass is 16.1. The highest BCUT2D eigenvalue weighted by molar-refractivity contribution is 5.49.